The number of nitrogens with zero attached hydrogens (tertiary/aromatic N) is 1. The molecule has 0 atom stereocenters. The number of hydrogen-bond acceptors (Lipinski definition) is 2. The number of para-hydroxylation sites is 1. The van der Waals surface area contributed by atoms with Gasteiger partial charge in [-0.15, -0.1) is 0 Å². The van der Waals surface area contributed by atoms with E-state index in [0.29, 0.717) is 16.8 Å². The van der Waals surface area contributed by atoms with Gasteiger partial charge in [0, 0.05) is 0 Å². The van der Waals surface area contributed by atoms with Crippen molar-refractivity contribution >= 4 is 17.0 Å². The van der Waals surface area contributed by atoms with E-state index in [0.717, 1.165) is 0 Å². The van der Waals surface area contributed by atoms with Crippen LogP contribution in [0.1, 0.15) is 15.9 Å². The van der Waals surface area contributed by atoms with Crippen molar-refractivity contribution in [3.05, 3.63) is 63.8 Å². The summed E-state index contributed by atoms with van der Waals surface area (Å²) in [4.78, 5) is 25.8. The predicted molar refractivity (Wildman–Crippen MR) is 75.6 cm³/mol. The molecule has 0 amide bonds. The molecule has 5 nitrogen and oxygen atoms in total. The fraction of sp³-hybridized carbons (Fsp3) is 0.0667. The maximum Gasteiger partial charge on any atom is 0.337 e. The Kier molecular flexibility index (Phi) is 2.86. The number of aromatic nitrogens is 2. The van der Waals surface area contributed by atoms with Crippen LogP contribution in [0.4, 0.5) is 4.39 Å². The number of imidazole rings is 1. The van der Waals surface area contributed by atoms with Crippen molar-refractivity contribution in [3.8, 4) is 5.69 Å². The molecule has 6 heteroatoms. The molecule has 0 saturated heterocycles. The number of H-pyrrole nitrogens is 1. The molecule has 106 valence electrons. The standard InChI is InChI=1S/C15H11FN2O3/c1-8-5-9(16)7-10(6-8)18-12-4-2-3-11(14(19)20)13(12)17-15(18)21/h2-7H,1H3,(H,17,21)(H,19,20). The number of carboxylic acids is 1. The topological polar surface area (TPSA) is 75.1 Å². The normalized spacial score (nSPS) is 11.0. The molecule has 3 rings (SSSR count). The minimum atomic E-state index is -1.13. The van der Waals surface area contributed by atoms with E-state index in [1.54, 1.807) is 25.1 Å². The Hall–Kier alpha value is -2.89. The lowest BCUT2D eigenvalue weighted by Gasteiger charge is -2.05. The van der Waals surface area contributed by atoms with Crippen molar-refractivity contribution in [3.63, 3.8) is 0 Å². The summed E-state index contributed by atoms with van der Waals surface area (Å²) in [5.41, 5.74) is 1.12. The zero-order valence-electron chi connectivity index (χ0n) is 11.1. The molecule has 0 aliphatic carbocycles. The third-order valence-electron chi connectivity index (χ3n) is 3.23. The van der Waals surface area contributed by atoms with E-state index in [2.05, 4.69) is 4.98 Å². The van der Waals surface area contributed by atoms with Crippen LogP contribution in [0, 0.1) is 12.7 Å². The van der Waals surface area contributed by atoms with Crippen molar-refractivity contribution in [2.45, 2.75) is 6.92 Å². The SMILES string of the molecule is Cc1cc(F)cc(-n2c(=O)[nH]c3c(C(=O)O)cccc32)c1. The molecule has 1 heterocycles. The Labute approximate surface area is 118 Å². The van der Waals surface area contributed by atoms with Crippen LogP contribution in [0.2, 0.25) is 0 Å². The Bertz CT molecular complexity index is 904. The largest absolute Gasteiger partial charge is 0.478 e. The molecule has 0 radical (unpaired) electrons. The first kappa shape index (κ1) is 13.1. The van der Waals surface area contributed by atoms with Crippen LogP contribution in [-0.2, 0) is 0 Å². The molecule has 0 aliphatic rings. The van der Waals surface area contributed by atoms with Crippen LogP contribution < -0.4 is 5.69 Å². The molecule has 0 unspecified atom stereocenters. The predicted octanol–water partition coefficient (Wildman–Crippen LogP) is 2.46. The van der Waals surface area contributed by atoms with Crippen LogP contribution in [0.3, 0.4) is 0 Å². The van der Waals surface area contributed by atoms with Gasteiger partial charge in [-0.1, -0.05) is 6.07 Å². The van der Waals surface area contributed by atoms with Gasteiger partial charge in [-0.3, -0.25) is 4.57 Å². The van der Waals surface area contributed by atoms with Crippen molar-refractivity contribution in [1.82, 2.24) is 9.55 Å². The first-order chi connectivity index (χ1) is 9.97. The summed E-state index contributed by atoms with van der Waals surface area (Å²) in [7, 11) is 0. The molecule has 2 aromatic carbocycles. The minimum absolute atomic E-state index is 0.00326. The lowest BCUT2D eigenvalue weighted by molar-refractivity contribution is 0.0699. The second-order valence-electron chi connectivity index (χ2n) is 4.76. The zero-order valence-corrected chi connectivity index (χ0v) is 11.1. The van der Waals surface area contributed by atoms with Crippen molar-refractivity contribution in [1.29, 1.82) is 0 Å². The summed E-state index contributed by atoms with van der Waals surface area (Å²) >= 11 is 0. The molecular weight excluding hydrogens is 275 g/mol. The molecule has 0 bridgehead atoms. The van der Waals surface area contributed by atoms with E-state index in [4.69, 9.17) is 5.11 Å². The van der Waals surface area contributed by atoms with Gasteiger partial charge in [-0.25, -0.2) is 14.0 Å². The number of aromatic carboxylic acids is 1. The summed E-state index contributed by atoms with van der Waals surface area (Å²) in [6.45, 7) is 1.72. The average Bonchev–Trinajstić information content (AvgIpc) is 2.72. The highest BCUT2D eigenvalue weighted by molar-refractivity contribution is 6.01. The number of aryl methyl sites for hydroxylation is 1. The Morgan fingerprint density at radius 1 is 1.29 bits per heavy atom. The van der Waals surface area contributed by atoms with Crippen molar-refractivity contribution in [2.75, 3.05) is 0 Å². The third kappa shape index (κ3) is 2.10. The fourth-order valence-electron chi connectivity index (χ4n) is 2.41. The second-order valence-corrected chi connectivity index (χ2v) is 4.76. The van der Waals surface area contributed by atoms with Gasteiger partial charge in [0.1, 0.15) is 5.82 Å². The van der Waals surface area contributed by atoms with E-state index in [1.165, 1.54) is 22.8 Å². The summed E-state index contributed by atoms with van der Waals surface area (Å²) < 4.78 is 14.8. The summed E-state index contributed by atoms with van der Waals surface area (Å²) in [6.07, 6.45) is 0. The Morgan fingerprint density at radius 2 is 2.05 bits per heavy atom. The van der Waals surface area contributed by atoms with E-state index in [9.17, 15) is 14.0 Å². The first-order valence-corrected chi connectivity index (χ1v) is 6.22. The average molecular weight is 286 g/mol. The smallest absolute Gasteiger partial charge is 0.337 e. The number of rotatable bonds is 2. The lowest BCUT2D eigenvalue weighted by Crippen LogP contribution is -2.14. The van der Waals surface area contributed by atoms with Gasteiger partial charge in [0.25, 0.3) is 0 Å². The second kappa shape index (κ2) is 4.59. The van der Waals surface area contributed by atoms with Gasteiger partial charge in [-0.2, -0.15) is 0 Å². The molecule has 2 N–H and O–H groups in total. The number of carboxylic acid groups (broad SMARTS) is 1. The highest BCUT2D eigenvalue weighted by Crippen LogP contribution is 2.20. The van der Waals surface area contributed by atoms with Gasteiger partial charge in [0.05, 0.1) is 22.3 Å². The lowest BCUT2D eigenvalue weighted by atomic mass is 10.1. The highest BCUT2D eigenvalue weighted by Gasteiger charge is 2.15. The highest BCUT2D eigenvalue weighted by atomic mass is 19.1. The van der Waals surface area contributed by atoms with Gasteiger partial charge in [0.15, 0.2) is 0 Å². The summed E-state index contributed by atoms with van der Waals surface area (Å²) in [5, 5.41) is 9.15. The van der Waals surface area contributed by atoms with Crippen LogP contribution >= 0.6 is 0 Å². The number of carbonyl (C=O) groups is 1. The molecule has 0 spiro atoms. The van der Waals surface area contributed by atoms with Crippen LogP contribution in [0.25, 0.3) is 16.7 Å². The van der Waals surface area contributed by atoms with E-state index < -0.39 is 17.5 Å². The molecule has 1 aromatic heterocycles. The third-order valence-corrected chi connectivity index (χ3v) is 3.23. The quantitative estimate of drug-likeness (QED) is 0.760. The number of benzene rings is 2. The van der Waals surface area contributed by atoms with Gasteiger partial charge in [-0.05, 0) is 42.8 Å². The molecule has 3 aromatic rings. The molecule has 0 saturated carbocycles. The summed E-state index contributed by atoms with van der Waals surface area (Å²) in [5.74, 6) is -1.59. The maximum absolute atomic E-state index is 13.5. The number of fused-ring (bicyclic) bond motifs is 1. The summed E-state index contributed by atoms with van der Waals surface area (Å²) in [6, 6.07) is 8.80. The zero-order chi connectivity index (χ0) is 15.1. The minimum Gasteiger partial charge on any atom is -0.478 e. The van der Waals surface area contributed by atoms with Crippen molar-refractivity contribution in [2.24, 2.45) is 0 Å². The molecular formula is C15H11FN2O3. The van der Waals surface area contributed by atoms with E-state index >= 15 is 0 Å². The number of halogens is 1. The van der Waals surface area contributed by atoms with Crippen LogP contribution in [-0.4, -0.2) is 20.6 Å². The van der Waals surface area contributed by atoms with Crippen LogP contribution in [0.5, 0.6) is 0 Å². The van der Waals surface area contributed by atoms with Crippen molar-refractivity contribution < 1.29 is 14.3 Å². The van der Waals surface area contributed by atoms with Gasteiger partial charge < -0.3 is 10.1 Å². The Morgan fingerprint density at radius 3 is 2.71 bits per heavy atom. The number of hydrogen-bond donors (Lipinski definition) is 2. The number of aromatic amines is 1. The van der Waals surface area contributed by atoms with Gasteiger partial charge in [0.2, 0.25) is 0 Å². The molecule has 21 heavy (non-hydrogen) atoms. The molecule has 0 fully saturated rings. The maximum atomic E-state index is 13.5. The van der Waals surface area contributed by atoms with E-state index in [-0.39, 0.29) is 11.1 Å². The van der Waals surface area contributed by atoms with E-state index in [1.807, 2.05) is 0 Å². The fourth-order valence-corrected chi connectivity index (χ4v) is 2.41. The monoisotopic (exact) mass is 286 g/mol. The molecule has 0 aliphatic heterocycles. The Balaban J connectivity index is 2.38. The van der Waals surface area contributed by atoms with Crippen LogP contribution in [0.15, 0.2) is 41.2 Å². The van der Waals surface area contributed by atoms with Gasteiger partial charge >= 0.3 is 11.7 Å². The first-order valence-electron chi connectivity index (χ1n) is 6.22. The number of nitrogens with one attached hydrogen (secondary N) is 1.